The number of hydrogen-bond donors (Lipinski definition) is 2. The summed E-state index contributed by atoms with van der Waals surface area (Å²) in [6.07, 6.45) is 3.42. The van der Waals surface area contributed by atoms with Crippen LogP contribution in [0.25, 0.3) is 0 Å². The van der Waals surface area contributed by atoms with Crippen LogP contribution in [0.4, 0.5) is 4.39 Å². The Hall–Kier alpha value is -1.38. The molecule has 5 nitrogen and oxygen atoms in total. The average Bonchev–Trinajstić information content (AvgIpc) is 3.29. The third-order valence-electron chi connectivity index (χ3n) is 5.37. The first-order chi connectivity index (χ1) is 12.6. The maximum atomic E-state index is 14.2. The SMILES string of the molecule is CCNC(=NCC1(c2ccccc2F)CC1)NC1CCN(C(=O)CC)C1.I. The van der Waals surface area contributed by atoms with Crippen LogP contribution in [0, 0.1) is 5.82 Å². The fourth-order valence-corrected chi connectivity index (χ4v) is 3.63. The first kappa shape index (κ1) is 21.9. The highest BCUT2D eigenvalue weighted by atomic mass is 127. The number of carbonyl (C=O) groups excluding carboxylic acids is 1. The van der Waals surface area contributed by atoms with Gasteiger partial charge in [0, 0.05) is 37.5 Å². The number of nitrogens with zero attached hydrogens (tertiary/aromatic N) is 2. The van der Waals surface area contributed by atoms with Gasteiger partial charge >= 0.3 is 0 Å². The third kappa shape index (κ3) is 5.33. The van der Waals surface area contributed by atoms with Crippen LogP contribution < -0.4 is 10.6 Å². The fraction of sp³-hybridized carbons (Fsp3) is 0.600. The molecule has 1 unspecified atom stereocenters. The predicted octanol–water partition coefficient (Wildman–Crippen LogP) is 3.04. The number of carbonyl (C=O) groups is 1. The lowest BCUT2D eigenvalue weighted by Crippen LogP contribution is -2.45. The minimum absolute atomic E-state index is 0. The molecule has 1 aromatic rings. The molecule has 27 heavy (non-hydrogen) atoms. The van der Waals surface area contributed by atoms with Crippen molar-refractivity contribution < 1.29 is 9.18 Å². The van der Waals surface area contributed by atoms with Gasteiger partial charge in [0.2, 0.25) is 5.91 Å². The highest BCUT2D eigenvalue weighted by molar-refractivity contribution is 14.0. The molecule has 1 aliphatic carbocycles. The lowest BCUT2D eigenvalue weighted by Gasteiger charge is -2.20. The molecule has 7 heteroatoms. The molecule has 2 aliphatic rings. The van der Waals surface area contributed by atoms with Crippen LogP contribution in [0.1, 0.15) is 45.1 Å². The van der Waals surface area contributed by atoms with E-state index in [1.807, 2.05) is 30.9 Å². The summed E-state index contributed by atoms with van der Waals surface area (Å²) >= 11 is 0. The van der Waals surface area contributed by atoms with Crippen molar-refractivity contribution in [2.45, 2.75) is 51.0 Å². The number of nitrogens with one attached hydrogen (secondary N) is 2. The smallest absolute Gasteiger partial charge is 0.222 e. The first-order valence-electron chi connectivity index (χ1n) is 9.65. The van der Waals surface area contributed by atoms with Crippen LogP contribution in [0.3, 0.4) is 0 Å². The minimum Gasteiger partial charge on any atom is -0.357 e. The Labute approximate surface area is 178 Å². The number of halogens is 2. The average molecular weight is 488 g/mol. The van der Waals surface area contributed by atoms with Gasteiger partial charge in [-0.3, -0.25) is 9.79 Å². The van der Waals surface area contributed by atoms with Crippen molar-refractivity contribution in [3.05, 3.63) is 35.6 Å². The van der Waals surface area contributed by atoms with E-state index in [0.29, 0.717) is 13.0 Å². The Balaban J connectivity index is 0.00000261. The Morgan fingerprint density at radius 2 is 2.07 bits per heavy atom. The molecule has 2 fully saturated rings. The van der Waals surface area contributed by atoms with E-state index in [1.165, 1.54) is 6.07 Å². The lowest BCUT2D eigenvalue weighted by atomic mass is 9.95. The van der Waals surface area contributed by atoms with Crippen LogP contribution in [-0.4, -0.2) is 49.0 Å². The summed E-state index contributed by atoms with van der Waals surface area (Å²) in [5.41, 5.74) is 0.619. The van der Waals surface area contributed by atoms with Crippen molar-refractivity contribution in [1.82, 2.24) is 15.5 Å². The van der Waals surface area contributed by atoms with E-state index in [0.717, 1.165) is 50.4 Å². The number of hydrogen-bond acceptors (Lipinski definition) is 2. The normalized spacial score (nSPS) is 20.8. The number of aliphatic imine (C=N–C) groups is 1. The summed E-state index contributed by atoms with van der Waals surface area (Å²) in [6, 6.07) is 7.24. The van der Waals surface area contributed by atoms with Gasteiger partial charge in [-0.2, -0.15) is 0 Å². The van der Waals surface area contributed by atoms with Gasteiger partial charge in [-0.25, -0.2) is 4.39 Å². The van der Waals surface area contributed by atoms with E-state index in [2.05, 4.69) is 10.6 Å². The predicted molar refractivity (Wildman–Crippen MR) is 117 cm³/mol. The van der Waals surface area contributed by atoms with Crippen molar-refractivity contribution in [1.29, 1.82) is 0 Å². The maximum Gasteiger partial charge on any atom is 0.222 e. The second-order valence-electron chi connectivity index (χ2n) is 7.28. The molecule has 0 spiro atoms. The van der Waals surface area contributed by atoms with Crippen molar-refractivity contribution in [3.8, 4) is 0 Å². The Morgan fingerprint density at radius 3 is 2.70 bits per heavy atom. The highest BCUT2D eigenvalue weighted by Gasteiger charge is 2.45. The van der Waals surface area contributed by atoms with E-state index in [1.54, 1.807) is 6.07 Å². The molecule has 1 atom stereocenters. The summed E-state index contributed by atoms with van der Waals surface area (Å²) < 4.78 is 14.2. The first-order valence-corrected chi connectivity index (χ1v) is 9.65. The van der Waals surface area contributed by atoms with Gasteiger partial charge < -0.3 is 15.5 Å². The van der Waals surface area contributed by atoms with Crippen molar-refractivity contribution in [2.75, 3.05) is 26.2 Å². The van der Waals surface area contributed by atoms with E-state index < -0.39 is 0 Å². The molecule has 150 valence electrons. The lowest BCUT2D eigenvalue weighted by molar-refractivity contribution is -0.129. The number of rotatable bonds is 6. The number of amides is 1. The standard InChI is InChI=1S/C20H29FN4O.HI/c1-3-18(26)25-12-9-15(13-25)24-19(22-4-2)23-14-20(10-11-20)16-7-5-6-8-17(16)21;/h5-8,15H,3-4,9-14H2,1-2H3,(H2,22,23,24);1H. The van der Waals surface area contributed by atoms with Gasteiger partial charge in [-0.15, -0.1) is 24.0 Å². The highest BCUT2D eigenvalue weighted by Crippen LogP contribution is 2.49. The topological polar surface area (TPSA) is 56.7 Å². The van der Waals surface area contributed by atoms with Gasteiger partial charge in [0.15, 0.2) is 5.96 Å². The quantitative estimate of drug-likeness (QED) is 0.368. The molecule has 0 radical (unpaired) electrons. The molecule has 1 heterocycles. The zero-order valence-corrected chi connectivity index (χ0v) is 18.5. The van der Waals surface area contributed by atoms with Crippen LogP contribution in [0.5, 0.6) is 0 Å². The summed E-state index contributed by atoms with van der Waals surface area (Å²) in [4.78, 5) is 18.5. The molecule has 0 bridgehead atoms. The summed E-state index contributed by atoms with van der Waals surface area (Å²) in [5.74, 6) is 0.821. The molecule has 1 saturated heterocycles. The Bertz CT molecular complexity index is 678. The molecule has 3 rings (SSSR count). The van der Waals surface area contributed by atoms with E-state index in [-0.39, 0.29) is 47.2 Å². The third-order valence-corrected chi connectivity index (χ3v) is 5.37. The van der Waals surface area contributed by atoms with Crippen LogP contribution in [-0.2, 0) is 10.2 Å². The molecular weight excluding hydrogens is 458 g/mol. The molecule has 2 N–H and O–H groups in total. The van der Waals surface area contributed by atoms with Gasteiger partial charge in [-0.1, -0.05) is 25.1 Å². The van der Waals surface area contributed by atoms with Crippen LogP contribution in [0.2, 0.25) is 0 Å². The zero-order valence-electron chi connectivity index (χ0n) is 16.1. The van der Waals surface area contributed by atoms with Crippen LogP contribution in [0.15, 0.2) is 29.3 Å². The molecule has 0 aromatic heterocycles. The van der Waals surface area contributed by atoms with Crippen molar-refractivity contribution in [3.63, 3.8) is 0 Å². The van der Waals surface area contributed by atoms with E-state index >= 15 is 0 Å². The number of likely N-dealkylation sites (tertiary alicyclic amines) is 1. The maximum absolute atomic E-state index is 14.2. The van der Waals surface area contributed by atoms with Crippen molar-refractivity contribution in [2.24, 2.45) is 4.99 Å². The fourth-order valence-electron chi connectivity index (χ4n) is 3.63. The Morgan fingerprint density at radius 1 is 1.33 bits per heavy atom. The van der Waals surface area contributed by atoms with Gasteiger partial charge in [0.05, 0.1) is 6.54 Å². The van der Waals surface area contributed by atoms with Crippen LogP contribution >= 0.6 is 24.0 Å². The second-order valence-corrected chi connectivity index (χ2v) is 7.28. The molecule has 1 saturated carbocycles. The van der Waals surface area contributed by atoms with Gasteiger partial charge in [0.1, 0.15) is 5.82 Å². The molecule has 1 aromatic carbocycles. The number of benzene rings is 1. The number of guanidine groups is 1. The summed E-state index contributed by atoms with van der Waals surface area (Å²) in [7, 11) is 0. The van der Waals surface area contributed by atoms with Gasteiger partial charge in [0.25, 0.3) is 0 Å². The molecular formula is C20H30FIN4O. The largest absolute Gasteiger partial charge is 0.357 e. The molecule has 1 aliphatic heterocycles. The van der Waals surface area contributed by atoms with Crippen molar-refractivity contribution >= 4 is 35.8 Å². The Kier molecular flexibility index (Phi) is 7.88. The molecule has 1 amide bonds. The summed E-state index contributed by atoms with van der Waals surface area (Å²) in [5, 5.41) is 6.72. The van der Waals surface area contributed by atoms with E-state index in [4.69, 9.17) is 4.99 Å². The zero-order chi connectivity index (χ0) is 18.6. The summed E-state index contributed by atoms with van der Waals surface area (Å²) in [6.45, 7) is 6.78. The minimum atomic E-state index is -0.159. The van der Waals surface area contributed by atoms with Gasteiger partial charge in [-0.05, 0) is 37.8 Å². The van der Waals surface area contributed by atoms with E-state index in [9.17, 15) is 9.18 Å². The monoisotopic (exact) mass is 488 g/mol. The second kappa shape index (κ2) is 9.71.